The zero-order valence-electron chi connectivity index (χ0n) is 59.7. The molecule has 36 atom stereocenters. The molecule has 3 saturated carbocycles. The van der Waals surface area contributed by atoms with Crippen LogP contribution in [0.25, 0.3) is 0 Å². The van der Waals surface area contributed by atoms with Crippen LogP contribution in [-0.2, 0) is 104 Å². The van der Waals surface area contributed by atoms with Crippen LogP contribution in [0.3, 0.4) is 0 Å². The van der Waals surface area contributed by atoms with E-state index >= 15 is 0 Å². The quantitative estimate of drug-likeness (QED) is 0.0766. The molecule has 0 bridgehead atoms. The Hall–Kier alpha value is -2.08. The molecule has 0 aromatic rings. The van der Waals surface area contributed by atoms with Crippen molar-refractivity contribution in [3.8, 4) is 0 Å². The van der Waals surface area contributed by atoms with Crippen LogP contribution in [0.2, 0.25) is 0 Å². The summed E-state index contributed by atoms with van der Waals surface area (Å²) in [5, 5.41) is 57.8. The normalized spacial score (nSPS) is 51.9. The Bertz CT molecular complexity index is 2630. The van der Waals surface area contributed by atoms with E-state index < -0.39 is 201 Å². The molecule has 0 radical (unpaired) electrons. The zero-order valence-corrected chi connectivity index (χ0v) is 59.7. The smallest absolute Gasteiger partial charge is 0.302 e. The third-order valence-corrected chi connectivity index (χ3v) is 24.5. The van der Waals surface area contributed by atoms with Crippen molar-refractivity contribution in [1.29, 1.82) is 0 Å². The predicted molar refractivity (Wildman–Crippen MR) is 339 cm³/mol. The first kappa shape index (κ1) is 76.1. The molecule has 27 heteroatoms. The van der Waals surface area contributed by atoms with Gasteiger partial charge in [-0.3, -0.25) is 9.59 Å². The van der Waals surface area contributed by atoms with Crippen molar-refractivity contribution in [1.82, 2.24) is 0 Å². The van der Waals surface area contributed by atoms with Crippen LogP contribution in [-0.4, -0.2) is 268 Å². The van der Waals surface area contributed by atoms with Crippen LogP contribution in [0.5, 0.6) is 0 Å². The second kappa shape index (κ2) is 30.9. The summed E-state index contributed by atoms with van der Waals surface area (Å²) in [5.74, 6) is -1.22. The minimum Gasteiger partial charge on any atom is -0.462 e. The van der Waals surface area contributed by atoms with E-state index in [1.165, 1.54) is 26.5 Å². The van der Waals surface area contributed by atoms with E-state index in [0.717, 1.165) is 12.8 Å². The standard InChI is InChI=1S/C70H114O27/c1-32-60(75)47(78-12)27-56(83-32)93-62-34(3)84-53(25-45(62)73)92-61-33(2)85-54(26-46(61)74)94-63-36(5)87-57(29-49(63)80-14)96-65-38(7)89-59(31-51(65)82-16)97-66-37(6)88-58(30-50(66)81-15)95-64-35(4)86-55(28-48(64)79-13)91-42-19-20-67(10)41(23-42)17-18-43-44(67)24-52(90-40(9)72)68(11)69(76,39(8)71)21-22-70(43,68)77/h17,32-38,42-66,73-77H,18-31H2,1-16H3. The molecule has 0 amide bonds. The number of carbonyl (C=O) groups excluding carboxylic acids is 2. The fourth-order valence-electron chi connectivity index (χ4n) is 18.9. The van der Waals surface area contributed by atoms with Gasteiger partial charge in [0.25, 0.3) is 0 Å². The summed E-state index contributed by atoms with van der Waals surface area (Å²) in [6, 6.07) is 0. The van der Waals surface area contributed by atoms with Gasteiger partial charge in [-0.1, -0.05) is 25.5 Å². The highest BCUT2D eigenvalue weighted by molar-refractivity contribution is 5.87. The zero-order chi connectivity index (χ0) is 70.0. The molecule has 0 aromatic carbocycles. The molecule has 4 aliphatic carbocycles. The molecule has 27 nitrogen and oxygen atoms in total. The van der Waals surface area contributed by atoms with E-state index in [-0.39, 0.29) is 61.6 Å². The minimum atomic E-state index is -1.82. The van der Waals surface area contributed by atoms with E-state index in [9.17, 15) is 35.1 Å². The van der Waals surface area contributed by atoms with Crippen LogP contribution < -0.4 is 0 Å². The van der Waals surface area contributed by atoms with Crippen molar-refractivity contribution < 1.29 is 130 Å². The fourth-order valence-corrected chi connectivity index (χ4v) is 18.9. The molecule has 556 valence electrons. The molecule has 97 heavy (non-hydrogen) atoms. The highest BCUT2D eigenvalue weighted by Crippen LogP contribution is 2.70. The average molecular weight is 1390 g/mol. The number of aliphatic hydroxyl groups is 5. The van der Waals surface area contributed by atoms with E-state index in [1.54, 1.807) is 56.1 Å². The SMILES string of the molecule is COC1CC(OC2C(O)CC(OC3C(O)CC(OC4C(C)OC(OC5C(C)OC(OC6C(C)OC(OC7C(C)OC(OC8CCC9(C)C(=CCC%10C9CC(OC(C)=O)C9(C)C(O)(C(C)=O)CCC%109O)C8)CC7OC)CC6OC)CC5OC)CC4OC)OC3C)OC2C)OC(C)C1O. The number of ether oxygens (including phenoxy) is 20. The van der Waals surface area contributed by atoms with Crippen molar-refractivity contribution in [2.24, 2.45) is 22.7 Å². The van der Waals surface area contributed by atoms with Gasteiger partial charge in [0, 0.05) is 87.4 Å². The molecule has 7 heterocycles. The number of esters is 1. The summed E-state index contributed by atoms with van der Waals surface area (Å²) in [6.07, 6.45) is -10.8. The Morgan fingerprint density at radius 2 is 0.814 bits per heavy atom. The predicted octanol–water partition coefficient (Wildman–Crippen LogP) is 4.72. The molecule has 36 unspecified atom stereocenters. The van der Waals surface area contributed by atoms with Gasteiger partial charge in [-0.2, -0.15) is 0 Å². The number of rotatable bonds is 21. The van der Waals surface area contributed by atoms with Gasteiger partial charge in [-0.25, -0.2) is 0 Å². The number of aliphatic hydroxyl groups excluding tert-OH is 3. The van der Waals surface area contributed by atoms with Gasteiger partial charge in [-0.15, -0.1) is 0 Å². The average Bonchev–Trinajstić information content (AvgIpc) is 1.58. The molecule has 11 aliphatic rings. The largest absolute Gasteiger partial charge is 0.462 e. The summed E-state index contributed by atoms with van der Waals surface area (Å²) in [6.45, 7) is 19.7. The van der Waals surface area contributed by atoms with E-state index in [1.807, 2.05) is 27.7 Å². The minimum absolute atomic E-state index is 0.0542. The second-order valence-corrected chi connectivity index (χ2v) is 30.1. The first-order valence-corrected chi connectivity index (χ1v) is 35.7. The van der Waals surface area contributed by atoms with Crippen molar-refractivity contribution in [3.05, 3.63) is 11.6 Å². The van der Waals surface area contributed by atoms with Crippen LogP contribution in [0.1, 0.15) is 166 Å². The molecule has 7 aliphatic heterocycles. The van der Waals surface area contributed by atoms with Gasteiger partial charge in [-0.05, 0) is 118 Å². The Balaban J connectivity index is 0.622. The summed E-state index contributed by atoms with van der Waals surface area (Å²) in [5.41, 5.74) is -3.70. The van der Waals surface area contributed by atoms with Gasteiger partial charge in [0.2, 0.25) is 0 Å². The van der Waals surface area contributed by atoms with Crippen LogP contribution in [0.4, 0.5) is 0 Å². The third kappa shape index (κ3) is 15.0. The number of fused-ring (bicyclic) bond motifs is 5. The maximum Gasteiger partial charge on any atom is 0.302 e. The highest BCUT2D eigenvalue weighted by atomic mass is 16.8. The number of carbonyl (C=O) groups is 2. The van der Waals surface area contributed by atoms with Crippen LogP contribution >= 0.6 is 0 Å². The molecular formula is C70H114O27. The lowest BCUT2D eigenvalue weighted by Gasteiger charge is -2.63. The molecule has 0 aromatic heterocycles. The van der Waals surface area contributed by atoms with E-state index in [0.29, 0.717) is 44.9 Å². The number of hydrogen-bond acceptors (Lipinski definition) is 27. The van der Waals surface area contributed by atoms with Crippen molar-refractivity contribution in [2.45, 2.75) is 362 Å². The van der Waals surface area contributed by atoms with Gasteiger partial charge in [0.05, 0.1) is 103 Å². The first-order valence-electron chi connectivity index (χ1n) is 35.7. The summed E-state index contributed by atoms with van der Waals surface area (Å²) in [7, 11) is 8.06. The fraction of sp³-hybridized carbons (Fsp3) is 0.943. The van der Waals surface area contributed by atoms with Gasteiger partial charge < -0.3 is 120 Å². The summed E-state index contributed by atoms with van der Waals surface area (Å²) in [4.78, 5) is 25.7. The van der Waals surface area contributed by atoms with Gasteiger partial charge >= 0.3 is 5.97 Å². The van der Waals surface area contributed by atoms with E-state index in [2.05, 4.69) is 13.0 Å². The van der Waals surface area contributed by atoms with Crippen molar-refractivity contribution in [3.63, 3.8) is 0 Å². The molecule has 0 spiro atoms. The number of hydrogen-bond donors (Lipinski definition) is 5. The van der Waals surface area contributed by atoms with E-state index in [4.69, 9.17) is 94.7 Å². The first-order chi connectivity index (χ1) is 46.0. The Labute approximate surface area is 571 Å². The topological polar surface area (TPSA) is 320 Å². The summed E-state index contributed by atoms with van der Waals surface area (Å²) < 4.78 is 126. The third-order valence-electron chi connectivity index (χ3n) is 24.5. The maximum atomic E-state index is 13.1. The number of ketones is 1. The lowest BCUT2D eigenvalue weighted by atomic mass is 9.44. The lowest BCUT2D eigenvalue weighted by Crippen LogP contribution is -2.71. The maximum absolute atomic E-state index is 13.1. The Morgan fingerprint density at radius 3 is 1.20 bits per heavy atom. The number of Topliss-reactive ketones (excluding diaryl/α,β-unsaturated/α-hetero) is 1. The molecular weight excluding hydrogens is 1270 g/mol. The number of allylic oxidation sites excluding steroid dienone is 1. The van der Waals surface area contributed by atoms with Gasteiger partial charge in [0.15, 0.2) is 49.8 Å². The van der Waals surface area contributed by atoms with Crippen molar-refractivity contribution in [2.75, 3.05) is 35.5 Å². The number of methoxy groups -OCH3 is 5. The molecule has 10 fully saturated rings. The Kier molecular flexibility index (Phi) is 24.3. The molecule has 7 saturated heterocycles. The highest BCUT2D eigenvalue weighted by Gasteiger charge is 2.77. The summed E-state index contributed by atoms with van der Waals surface area (Å²) >= 11 is 0. The van der Waals surface area contributed by atoms with Crippen molar-refractivity contribution >= 4 is 11.8 Å². The molecule has 5 N–H and O–H groups in total. The van der Waals surface area contributed by atoms with Gasteiger partial charge in [0.1, 0.15) is 54.4 Å². The Morgan fingerprint density at radius 1 is 0.454 bits per heavy atom. The molecule has 11 rings (SSSR count). The monoisotopic (exact) mass is 1390 g/mol. The second-order valence-electron chi connectivity index (χ2n) is 30.1. The van der Waals surface area contributed by atoms with Crippen LogP contribution in [0, 0.1) is 22.7 Å². The lowest BCUT2D eigenvalue weighted by molar-refractivity contribution is -0.356. The van der Waals surface area contributed by atoms with Crippen LogP contribution in [0.15, 0.2) is 11.6 Å².